The zero-order valence-electron chi connectivity index (χ0n) is 14.1. The summed E-state index contributed by atoms with van der Waals surface area (Å²) in [6, 6.07) is 10.2. The fourth-order valence-corrected chi connectivity index (χ4v) is 3.82. The molecule has 0 spiro atoms. The molecular formula is C19H24BrN3O. The Balaban J connectivity index is 1.57. The highest BCUT2D eigenvalue weighted by atomic mass is 79.9. The molecule has 5 heteroatoms. The average Bonchev–Trinajstić information content (AvgIpc) is 2.59. The van der Waals surface area contributed by atoms with Crippen LogP contribution < -0.4 is 5.32 Å². The smallest absolute Gasteiger partial charge is 0.252 e. The fraction of sp³-hybridized carbons (Fsp3) is 0.474. The summed E-state index contributed by atoms with van der Waals surface area (Å²) in [7, 11) is 0. The first-order valence-corrected chi connectivity index (χ1v) is 9.52. The van der Waals surface area contributed by atoms with Crippen LogP contribution in [0.1, 0.15) is 43.0 Å². The topological polar surface area (TPSA) is 45.2 Å². The van der Waals surface area contributed by atoms with Gasteiger partial charge in [-0.15, -0.1) is 0 Å². The molecule has 1 N–H and O–H groups in total. The molecule has 3 rings (SSSR count). The molecule has 1 unspecified atom stereocenters. The number of halogens is 1. The van der Waals surface area contributed by atoms with Crippen molar-refractivity contribution in [2.45, 2.75) is 38.6 Å². The van der Waals surface area contributed by atoms with Crippen LogP contribution in [0.15, 0.2) is 34.9 Å². The van der Waals surface area contributed by atoms with Crippen molar-refractivity contribution < 1.29 is 4.79 Å². The molecular weight excluding hydrogens is 366 g/mol. The predicted molar refractivity (Wildman–Crippen MR) is 101 cm³/mol. The lowest BCUT2D eigenvalue weighted by molar-refractivity contribution is 0.0950. The second-order valence-corrected chi connectivity index (χ2v) is 7.31. The van der Waals surface area contributed by atoms with E-state index in [0.717, 1.165) is 23.9 Å². The normalized spacial score (nSPS) is 18.7. The largest absolute Gasteiger partial charge is 0.352 e. The molecule has 1 amide bonds. The van der Waals surface area contributed by atoms with Crippen LogP contribution in [0.4, 0.5) is 0 Å². The molecule has 1 aromatic carbocycles. The molecule has 0 bridgehead atoms. The summed E-state index contributed by atoms with van der Waals surface area (Å²) in [6.07, 6.45) is 4.93. The van der Waals surface area contributed by atoms with Crippen LogP contribution in [0, 0.1) is 0 Å². The monoisotopic (exact) mass is 389 g/mol. The Kier molecular flexibility index (Phi) is 5.85. The minimum Gasteiger partial charge on any atom is -0.352 e. The van der Waals surface area contributed by atoms with E-state index in [0.29, 0.717) is 22.8 Å². The average molecular weight is 390 g/mol. The van der Waals surface area contributed by atoms with E-state index >= 15 is 0 Å². The molecule has 1 atom stereocenters. The van der Waals surface area contributed by atoms with Gasteiger partial charge in [-0.3, -0.25) is 4.79 Å². The Labute approximate surface area is 151 Å². The summed E-state index contributed by atoms with van der Waals surface area (Å²) in [5.41, 5.74) is 1.51. The van der Waals surface area contributed by atoms with Crippen molar-refractivity contribution in [2.24, 2.45) is 0 Å². The summed E-state index contributed by atoms with van der Waals surface area (Å²) in [5, 5.41) is 3.95. The SMILES string of the molecule is CC1CCCCN1CCCNC(=O)c1cc(Br)nc2ccccc12. The Bertz CT molecular complexity index is 719. The van der Waals surface area contributed by atoms with Crippen LogP contribution in [-0.4, -0.2) is 41.5 Å². The molecule has 0 aliphatic carbocycles. The van der Waals surface area contributed by atoms with Gasteiger partial charge in [0.05, 0.1) is 11.1 Å². The van der Waals surface area contributed by atoms with E-state index in [9.17, 15) is 4.79 Å². The number of likely N-dealkylation sites (tertiary alicyclic amines) is 1. The first-order chi connectivity index (χ1) is 11.6. The Morgan fingerprint density at radius 3 is 3.04 bits per heavy atom. The highest BCUT2D eigenvalue weighted by molar-refractivity contribution is 9.10. The van der Waals surface area contributed by atoms with Crippen LogP contribution in [0.25, 0.3) is 10.9 Å². The molecule has 0 saturated carbocycles. The number of carbonyl (C=O) groups excluding carboxylic acids is 1. The maximum atomic E-state index is 12.6. The molecule has 1 aliphatic rings. The van der Waals surface area contributed by atoms with Crippen LogP contribution in [-0.2, 0) is 0 Å². The highest BCUT2D eigenvalue weighted by Gasteiger charge is 2.17. The van der Waals surface area contributed by atoms with Crippen molar-refractivity contribution in [3.05, 3.63) is 40.5 Å². The molecule has 1 aliphatic heterocycles. The molecule has 4 nitrogen and oxygen atoms in total. The highest BCUT2D eigenvalue weighted by Crippen LogP contribution is 2.21. The number of aromatic nitrogens is 1. The number of pyridine rings is 1. The van der Waals surface area contributed by atoms with Crippen LogP contribution in [0.3, 0.4) is 0 Å². The van der Waals surface area contributed by atoms with Gasteiger partial charge >= 0.3 is 0 Å². The summed E-state index contributed by atoms with van der Waals surface area (Å²) >= 11 is 3.39. The molecule has 24 heavy (non-hydrogen) atoms. The number of carbonyl (C=O) groups is 1. The molecule has 2 aromatic rings. The molecule has 2 heterocycles. The third-order valence-electron chi connectivity index (χ3n) is 4.78. The molecule has 1 fully saturated rings. The maximum absolute atomic E-state index is 12.6. The van der Waals surface area contributed by atoms with Crippen molar-refractivity contribution in [1.29, 1.82) is 0 Å². The van der Waals surface area contributed by atoms with E-state index in [1.54, 1.807) is 6.07 Å². The van der Waals surface area contributed by atoms with Gasteiger partial charge in [-0.1, -0.05) is 24.6 Å². The zero-order chi connectivity index (χ0) is 16.9. The van der Waals surface area contributed by atoms with Gasteiger partial charge in [0, 0.05) is 24.5 Å². The van der Waals surface area contributed by atoms with Gasteiger partial charge in [0.25, 0.3) is 5.91 Å². The molecule has 128 valence electrons. The van der Waals surface area contributed by atoms with Crippen molar-refractivity contribution >= 4 is 32.7 Å². The van der Waals surface area contributed by atoms with Gasteiger partial charge in [-0.25, -0.2) is 4.98 Å². The number of benzene rings is 1. The van der Waals surface area contributed by atoms with E-state index in [2.05, 4.69) is 38.1 Å². The van der Waals surface area contributed by atoms with E-state index < -0.39 is 0 Å². The first-order valence-electron chi connectivity index (χ1n) is 8.72. The van der Waals surface area contributed by atoms with Gasteiger partial charge in [-0.2, -0.15) is 0 Å². The number of piperidine rings is 1. The van der Waals surface area contributed by atoms with Gasteiger partial charge in [0.2, 0.25) is 0 Å². The number of nitrogens with one attached hydrogen (secondary N) is 1. The number of nitrogens with zero attached hydrogens (tertiary/aromatic N) is 2. The minimum atomic E-state index is -0.0269. The van der Waals surface area contributed by atoms with Crippen molar-refractivity contribution in [2.75, 3.05) is 19.6 Å². The second kappa shape index (κ2) is 8.08. The predicted octanol–water partition coefficient (Wildman–Crippen LogP) is 3.99. The Morgan fingerprint density at radius 2 is 2.21 bits per heavy atom. The Morgan fingerprint density at radius 1 is 1.38 bits per heavy atom. The number of hydrogen-bond donors (Lipinski definition) is 1. The first kappa shape index (κ1) is 17.4. The standard InChI is InChI=1S/C19H24BrN3O/c1-14-7-4-5-11-23(14)12-6-10-21-19(24)16-13-18(20)22-17-9-3-2-8-15(16)17/h2-3,8-9,13-14H,4-7,10-12H2,1H3,(H,21,24). The number of para-hydroxylation sites is 1. The minimum absolute atomic E-state index is 0.0269. The molecule has 1 aromatic heterocycles. The quantitative estimate of drug-likeness (QED) is 0.620. The summed E-state index contributed by atoms with van der Waals surface area (Å²) in [4.78, 5) is 19.5. The summed E-state index contributed by atoms with van der Waals surface area (Å²) < 4.78 is 0.688. The van der Waals surface area contributed by atoms with Gasteiger partial charge in [0.15, 0.2) is 0 Å². The second-order valence-electron chi connectivity index (χ2n) is 6.50. The maximum Gasteiger partial charge on any atom is 0.252 e. The third-order valence-corrected chi connectivity index (χ3v) is 5.18. The van der Waals surface area contributed by atoms with E-state index in [1.165, 1.54) is 25.8 Å². The van der Waals surface area contributed by atoms with Gasteiger partial charge in [-0.05, 0) is 60.8 Å². The van der Waals surface area contributed by atoms with Crippen LogP contribution in [0.5, 0.6) is 0 Å². The van der Waals surface area contributed by atoms with E-state index in [4.69, 9.17) is 0 Å². The number of rotatable bonds is 5. The van der Waals surface area contributed by atoms with Crippen molar-refractivity contribution in [3.63, 3.8) is 0 Å². The zero-order valence-corrected chi connectivity index (χ0v) is 15.7. The van der Waals surface area contributed by atoms with Crippen molar-refractivity contribution in [3.8, 4) is 0 Å². The van der Waals surface area contributed by atoms with Crippen molar-refractivity contribution in [1.82, 2.24) is 15.2 Å². The van der Waals surface area contributed by atoms with E-state index in [1.807, 2.05) is 24.3 Å². The number of fused-ring (bicyclic) bond motifs is 1. The molecule has 1 saturated heterocycles. The van der Waals surface area contributed by atoms with Crippen LogP contribution >= 0.6 is 15.9 Å². The third kappa shape index (κ3) is 4.14. The summed E-state index contributed by atoms with van der Waals surface area (Å²) in [5.74, 6) is -0.0269. The van der Waals surface area contributed by atoms with E-state index in [-0.39, 0.29) is 5.91 Å². The van der Waals surface area contributed by atoms with Crippen LogP contribution in [0.2, 0.25) is 0 Å². The fourth-order valence-electron chi connectivity index (χ4n) is 3.40. The lowest BCUT2D eigenvalue weighted by Gasteiger charge is -2.33. The lowest BCUT2D eigenvalue weighted by atomic mass is 10.0. The molecule has 0 radical (unpaired) electrons. The van der Waals surface area contributed by atoms with Gasteiger partial charge < -0.3 is 10.2 Å². The summed E-state index contributed by atoms with van der Waals surface area (Å²) in [6.45, 7) is 5.26. The number of amides is 1. The van der Waals surface area contributed by atoms with Gasteiger partial charge in [0.1, 0.15) is 4.60 Å². The number of hydrogen-bond acceptors (Lipinski definition) is 3. The Hall–Kier alpha value is -1.46. The lowest BCUT2D eigenvalue weighted by Crippen LogP contribution is -2.39.